The van der Waals surface area contributed by atoms with Crippen LogP contribution in [0.3, 0.4) is 0 Å². The maximum Gasteiger partial charge on any atom is 0.251 e. The molecule has 2 aromatic rings. The fourth-order valence-electron chi connectivity index (χ4n) is 1.82. The minimum absolute atomic E-state index is 0.105. The van der Waals surface area contributed by atoms with Gasteiger partial charge in [-0.15, -0.1) is 0 Å². The number of aromatic nitrogens is 1. The second-order valence-electron chi connectivity index (χ2n) is 4.25. The average Bonchev–Trinajstić information content (AvgIpc) is 2.29. The van der Waals surface area contributed by atoms with Gasteiger partial charge in [-0.3, -0.25) is 4.79 Å². The smallest absolute Gasteiger partial charge is 0.251 e. The van der Waals surface area contributed by atoms with E-state index in [2.05, 4.69) is 4.98 Å². The van der Waals surface area contributed by atoms with Crippen LogP contribution >= 0.6 is 0 Å². The predicted molar refractivity (Wildman–Crippen MR) is 65.2 cm³/mol. The van der Waals surface area contributed by atoms with Crippen LogP contribution in [0.4, 0.5) is 4.39 Å². The Hall–Kier alpha value is -1.84. The lowest BCUT2D eigenvalue weighted by Gasteiger charge is -2.08. The fraction of sp³-hybridized carbons (Fsp3) is 0.308. The zero-order valence-electron chi connectivity index (χ0n) is 10.0. The summed E-state index contributed by atoms with van der Waals surface area (Å²) >= 11 is 0. The minimum atomic E-state index is -0.530. The molecule has 3 nitrogen and oxygen atoms in total. The van der Waals surface area contributed by atoms with Crippen molar-refractivity contribution in [2.24, 2.45) is 0 Å². The normalized spacial score (nSPS) is 11.1. The quantitative estimate of drug-likeness (QED) is 0.869. The van der Waals surface area contributed by atoms with Crippen LogP contribution in [0.2, 0.25) is 0 Å². The van der Waals surface area contributed by atoms with Crippen LogP contribution in [0.5, 0.6) is 5.75 Å². The number of hydrogen-bond donors (Lipinski definition) is 1. The summed E-state index contributed by atoms with van der Waals surface area (Å²) in [5.74, 6) is -0.295. The first-order chi connectivity index (χ1) is 8.04. The molecule has 1 aromatic heterocycles. The molecule has 0 radical (unpaired) electrons. The summed E-state index contributed by atoms with van der Waals surface area (Å²) in [5.41, 5.74) is 0.598. The lowest BCUT2D eigenvalue weighted by molar-refractivity contribution is 0.388. The molecule has 2 rings (SSSR count). The number of rotatable bonds is 2. The zero-order chi connectivity index (χ0) is 12.6. The van der Waals surface area contributed by atoms with Gasteiger partial charge in [0.2, 0.25) is 0 Å². The molecule has 4 heteroatoms. The van der Waals surface area contributed by atoms with Crippen molar-refractivity contribution in [1.82, 2.24) is 4.98 Å². The van der Waals surface area contributed by atoms with Crippen LogP contribution in [0, 0.1) is 5.82 Å². The van der Waals surface area contributed by atoms with E-state index in [-0.39, 0.29) is 22.7 Å². The highest BCUT2D eigenvalue weighted by molar-refractivity contribution is 5.81. The van der Waals surface area contributed by atoms with Crippen LogP contribution in [-0.2, 0) is 0 Å². The molecule has 0 bridgehead atoms. The lowest BCUT2D eigenvalue weighted by atomic mass is 10.0. The van der Waals surface area contributed by atoms with Crippen LogP contribution in [0.25, 0.3) is 10.9 Å². The van der Waals surface area contributed by atoms with Crippen molar-refractivity contribution in [2.45, 2.75) is 19.8 Å². The van der Waals surface area contributed by atoms with Gasteiger partial charge >= 0.3 is 0 Å². The summed E-state index contributed by atoms with van der Waals surface area (Å²) < 4.78 is 18.8. The summed E-state index contributed by atoms with van der Waals surface area (Å²) in [4.78, 5) is 14.3. The van der Waals surface area contributed by atoms with E-state index in [1.807, 2.05) is 13.8 Å². The Morgan fingerprint density at radius 1 is 1.35 bits per heavy atom. The van der Waals surface area contributed by atoms with E-state index < -0.39 is 5.82 Å². The van der Waals surface area contributed by atoms with Crippen molar-refractivity contribution in [3.8, 4) is 5.75 Å². The zero-order valence-corrected chi connectivity index (χ0v) is 10.0. The standard InChI is InChI=1S/C13H14FNO2/c1-7(2)9-6-8-4-5-10(17-3)11(14)12(8)15-13(9)16/h4-7H,1-3H3,(H,15,16). The molecule has 90 valence electrons. The van der Waals surface area contributed by atoms with Gasteiger partial charge in [-0.2, -0.15) is 0 Å². The Morgan fingerprint density at radius 2 is 2.06 bits per heavy atom. The molecule has 0 aliphatic carbocycles. The minimum Gasteiger partial charge on any atom is -0.494 e. The van der Waals surface area contributed by atoms with Crippen molar-refractivity contribution < 1.29 is 9.13 Å². The summed E-state index contributed by atoms with van der Waals surface area (Å²) in [7, 11) is 1.39. The van der Waals surface area contributed by atoms with Gasteiger partial charge in [0.15, 0.2) is 11.6 Å². The number of fused-ring (bicyclic) bond motifs is 1. The van der Waals surface area contributed by atoms with Crippen molar-refractivity contribution >= 4 is 10.9 Å². The van der Waals surface area contributed by atoms with E-state index in [0.29, 0.717) is 10.9 Å². The molecule has 0 aliphatic heterocycles. The highest BCUT2D eigenvalue weighted by Gasteiger charge is 2.12. The Bertz CT molecular complexity index is 617. The molecule has 1 heterocycles. The third-order valence-corrected chi connectivity index (χ3v) is 2.79. The first-order valence-electron chi connectivity index (χ1n) is 5.44. The number of pyridine rings is 1. The third-order valence-electron chi connectivity index (χ3n) is 2.79. The second kappa shape index (κ2) is 4.20. The Balaban J connectivity index is 2.79. The van der Waals surface area contributed by atoms with E-state index in [1.54, 1.807) is 18.2 Å². The van der Waals surface area contributed by atoms with Crippen molar-refractivity contribution in [2.75, 3.05) is 7.11 Å². The molecular weight excluding hydrogens is 221 g/mol. The first kappa shape index (κ1) is 11.6. The van der Waals surface area contributed by atoms with E-state index in [1.165, 1.54) is 7.11 Å². The lowest BCUT2D eigenvalue weighted by Crippen LogP contribution is -2.14. The molecule has 0 fully saturated rings. The van der Waals surface area contributed by atoms with Crippen LogP contribution in [0.1, 0.15) is 25.3 Å². The molecule has 0 spiro atoms. The number of methoxy groups -OCH3 is 1. The number of benzene rings is 1. The number of H-pyrrole nitrogens is 1. The Labute approximate surface area is 98.2 Å². The fourth-order valence-corrected chi connectivity index (χ4v) is 1.82. The molecule has 0 amide bonds. The molecule has 17 heavy (non-hydrogen) atoms. The third kappa shape index (κ3) is 1.90. The first-order valence-corrected chi connectivity index (χ1v) is 5.44. The van der Waals surface area contributed by atoms with Crippen molar-refractivity contribution in [3.05, 3.63) is 39.9 Å². The summed E-state index contributed by atoms with van der Waals surface area (Å²) in [5, 5.41) is 0.673. The number of ether oxygens (including phenoxy) is 1. The number of halogens is 1. The molecular formula is C13H14FNO2. The van der Waals surface area contributed by atoms with Crippen LogP contribution in [-0.4, -0.2) is 12.1 Å². The van der Waals surface area contributed by atoms with Gasteiger partial charge in [0.25, 0.3) is 5.56 Å². The molecule has 0 saturated carbocycles. The van der Waals surface area contributed by atoms with Crippen molar-refractivity contribution in [3.63, 3.8) is 0 Å². The molecule has 0 saturated heterocycles. The van der Waals surface area contributed by atoms with Gasteiger partial charge in [0.05, 0.1) is 12.6 Å². The second-order valence-corrected chi connectivity index (χ2v) is 4.25. The maximum absolute atomic E-state index is 13.9. The van der Waals surface area contributed by atoms with E-state index in [0.717, 1.165) is 0 Å². The Kier molecular flexibility index (Phi) is 2.88. The predicted octanol–water partition coefficient (Wildman–Crippen LogP) is 2.80. The highest BCUT2D eigenvalue weighted by Crippen LogP contribution is 2.25. The molecule has 0 atom stereocenters. The maximum atomic E-state index is 13.9. The monoisotopic (exact) mass is 235 g/mol. The number of aromatic amines is 1. The van der Waals surface area contributed by atoms with Gasteiger partial charge in [-0.05, 0) is 24.1 Å². The van der Waals surface area contributed by atoms with Crippen LogP contribution < -0.4 is 10.3 Å². The van der Waals surface area contributed by atoms with Gasteiger partial charge in [0, 0.05) is 10.9 Å². The molecule has 0 aliphatic rings. The number of nitrogens with one attached hydrogen (secondary N) is 1. The van der Waals surface area contributed by atoms with E-state index >= 15 is 0 Å². The topological polar surface area (TPSA) is 42.1 Å². The van der Waals surface area contributed by atoms with Gasteiger partial charge in [-0.1, -0.05) is 13.8 Å². The SMILES string of the molecule is COc1ccc2cc(C(C)C)c(=O)[nH]c2c1F. The Morgan fingerprint density at radius 3 is 2.65 bits per heavy atom. The van der Waals surface area contributed by atoms with Crippen LogP contribution in [0.15, 0.2) is 23.0 Å². The molecule has 1 N–H and O–H groups in total. The summed E-state index contributed by atoms with van der Waals surface area (Å²) in [6.45, 7) is 3.85. The van der Waals surface area contributed by atoms with Gasteiger partial charge in [0.1, 0.15) is 0 Å². The summed E-state index contributed by atoms with van der Waals surface area (Å²) in [6.07, 6.45) is 0. The van der Waals surface area contributed by atoms with E-state index in [9.17, 15) is 9.18 Å². The highest BCUT2D eigenvalue weighted by atomic mass is 19.1. The van der Waals surface area contributed by atoms with Gasteiger partial charge in [-0.25, -0.2) is 4.39 Å². The molecule has 0 unspecified atom stereocenters. The van der Waals surface area contributed by atoms with E-state index in [4.69, 9.17) is 4.74 Å². The average molecular weight is 235 g/mol. The molecule has 1 aromatic carbocycles. The largest absolute Gasteiger partial charge is 0.494 e. The summed E-state index contributed by atoms with van der Waals surface area (Å²) in [6, 6.07) is 5.01. The number of hydrogen-bond acceptors (Lipinski definition) is 2. The van der Waals surface area contributed by atoms with Crippen molar-refractivity contribution in [1.29, 1.82) is 0 Å². The van der Waals surface area contributed by atoms with Gasteiger partial charge < -0.3 is 9.72 Å².